The zero-order valence-electron chi connectivity index (χ0n) is 14.4. The Labute approximate surface area is 162 Å². The standard InChI is InChI=1S/C20H15F3N2O2S/c21-20(22,23)15-11-12(18(24)26)8-9-14(15)17(16-7-4-10-28-16)19(27)25-13-5-2-1-3-6-13/h1-11,17H,(H2,24,26)(H,25,27). The quantitative estimate of drug-likeness (QED) is 0.650. The predicted octanol–water partition coefficient (Wildman–Crippen LogP) is 4.64. The molecule has 3 N–H and O–H groups in total. The molecule has 0 spiro atoms. The molecule has 0 aliphatic heterocycles. The molecule has 3 aromatic rings. The molecule has 2 aromatic carbocycles. The van der Waals surface area contributed by atoms with Crippen molar-refractivity contribution in [2.24, 2.45) is 5.73 Å². The summed E-state index contributed by atoms with van der Waals surface area (Å²) < 4.78 is 41.1. The summed E-state index contributed by atoms with van der Waals surface area (Å²) in [5.74, 6) is -2.77. The Hall–Kier alpha value is -3.13. The highest BCUT2D eigenvalue weighted by Crippen LogP contribution is 2.39. The first kappa shape index (κ1) is 19.6. The van der Waals surface area contributed by atoms with Crippen LogP contribution in [0.15, 0.2) is 66.0 Å². The lowest BCUT2D eigenvalue weighted by Gasteiger charge is -2.21. The SMILES string of the molecule is NC(=O)c1ccc(C(C(=O)Nc2ccccc2)c2cccs2)c(C(F)(F)F)c1. The highest BCUT2D eigenvalue weighted by molar-refractivity contribution is 7.10. The molecule has 4 nitrogen and oxygen atoms in total. The van der Waals surface area contributed by atoms with E-state index in [1.54, 1.807) is 47.8 Å². The number of halogens is 3. The number of primary amides is 1. The predicted molar refractivity (Wildman–Crippen MR) is 101 cm³/mol. The lowest BCUT2D eigenvalue weighted by Crippen LogP contribution is -2.25. The monoisotopic (exact) mass is 404 g/mol. The third-order valence-corrected chi connectivity index (χ3v) is 5.02. The summed E-state index contributed by atoms with van der Waals surface area (Å²) in [5, 5.41) is 4.34. The van der Waals surface area contributed by atoms with Gasteiger partial charge in [0.25, 0.3) is 0 Å². The Morgan fingerprint density at radius 3 is 2.29 bits per heavy atom. The van der Waals surface area contributed by atoms with Crippen molar-refractivity contribution in [1.29, 1.82) is 0 Å². The van der Waals surface area contributed by atoms with Crippen LogP contribution in [-0.2, 0) is 11.0 Å². The van der Waals surface area contributed by atoms with Crippen molar-refractivity contribution in [3.63, 3.8) is 0 Å². The van der Waals surface area contributed by atoms with Gasteiger partial charge < -0.3 is 11.1 Å². The van der Waals surface area contributed by atoms with Crippen LogP contribution in [0.4, 0.5) is 18.9 Å². The normalized spacial score (nSPS) is 12.4. The van der Waals surface area contributed by atoms with Gasteiger partial charge in [-0.2, -0.15) is 13.2 Å². The van der Waals surface area contributed by atoms with Crippen molar-refractivity contribution in [3.8, 4) is 0 Å². The minimum absolute atomic E-state index is 0.242. The first-order chi connectivity index (χ1) is 13.3. The van der Waals surface area contributed by atoms with E-state index in [9.17, 15) is 22.8 Å². The van der Waals surface area contributed by atoms with Gasteiger partial charge in [0.05, 0.1) is 11.5 Å². The van der Waals surface area contributed by atoms with Crippen molar-refractivity contribution in [2.75, 3.05) is 5.32 Å². The number of carbonyl (C=O) groups is 2. The number of nitrogens with one attached hydrogen (secondary N) is 1. The topological polar surface area (TPSA) is 72.2 Å². The lowest BCUT2D eigenvalue weighted by molar-refractivity contribution is -0.138. The number of nitrogens with two attached hydrogens (primary N) is 1. The smallest absolute Gasteiger partial charge is 0.366 e. The van der Waals surface area contributed by atoms with Crippen LogP contribution < -0.4 is 11.1 Å². The molecule has 8 heteroatoms. The molecule has 28 heavy (non-hydrogen) atoms. The van der Waals surface area contributed by atoms with Crippen molar-refractivity contribution in [1.82, 2.24) is 0 Å². The van der Waals surface area contributed by atoms with E-state index in [2.05, 4.69) is 5.32 Å². The molecule has 1 heterocycles. The van der Waals surface area contributed by atoms with Crippen LogP contribution in [0.3, 0.4) is 0 Å². The van der Waals surface area contributed by atoms with Gasteiger partial charge in [-0.1, -0.05) is 30.3 Å². The van der Waals surface area contributed by atoms with E-state index in [1.807, 2.05) is 0 Å². The highest BCUT2D eigenvalue weighted by Gasteiger charge is 2.38. The average Bonchev–Trinajstić information content (AvgIpc) is 3.16. The minimum Gasteiger partial charge on any atom is -0.366 e. The van der Waals surface area contributed by atoms with Crippen molar-refractivity contribution >= 4 is 28.8 Å². The molecule has 0 bridgehead atoms. The molecule has 0 radical (unpaired) electrons. The van der Waals surface area contributed by atoms with Gasteiger partial charge in [-0.3, -0.25) is 9.59 Å². The maximum Gasteiger partial charge on any atom is 0.416 e. The zero-order valence-corrected chi connectivity index (χ0v) is 15.2. The molecule has 0 saturated heterocycles. The minimum atomic E-state index is -4.76. The summed E-state index contributed by atoms with van der Waals surface area (Å²) >= 11 is 1.17. The third-order valence-electron chi connectivity index (χ3n) is 4.09. The maximum absolute atomic E-state index is 13.7. The van der Waals surface area contributed by atoms with Crippen LogP contribution >= 0.6 is 11.3 Å². The van der Waals surface area contributed by atoms with Crippen molar-refractivity contribution in [2.45, 2.75) is 12.1 Å². The molecule has 3 rings (SSSR count). The van der Waals surface area contributed by atoms with Gasteiger partial charge in [0.15, 0.2) is 0 Å². The van der Waals surface area contributed by atoms with E-state index in [0.29, 0.717) is 16.6 Å². The number of amides is 2. The number of hydrogen-bond donors (Lipinski definition) is 2. The Morgan fingerprint density at radius 2 is 1.71 bits per heavy atom. The Morgan fingerprint density at radius 1 is 1.00 bits per heavy atom. The van der Waals surface area contributed by atoms with Gasteiger partial charge in [-0.05, 0) is 41.3 Å². The van der Waals surface area contributed by atoms with Crippen LogP contribution in [0.2, 0.25) is 0 Å². The average molecular weight is 404 g/mol. The van der Waals surface area contributed by atoms with Crippen LogP contribution in [-0.4, -0.2) is 11.8 Å². The second-order valence-electron chi connectivity index (χ2n) is 5.97. The van der Waals surface area contributed by atoms with Gasteiger partial charge in [-0.25, -0.2) is 0 Å². The Kier molecular flexibility index (Phi) is 5.51. The van der Waals surface area contributed by atoms with E-state index >= 15 is 0 Å². The summed E-state index contributed by atoms with van der Waals surface area (Å²) in [6, 6.07) is 14.7. The molecule has 0 aliphatic carbocycles. The van der Waals surface area contributed by atoms with Crippen LogP contribution in [0.25, 0.3) is 0 Å². The van der Waals surface area contributed by atoms with Gasteiger partial charge in [-0.15, -0.1) is 11.3 Å². The largest absolute Gasteiger partial charge is 0.416 e. The molecule has 2 amide bonds. The number of thiophene rings is 1. The summed E-state index contributed by atoms with van der Waals surface area (Å²) in [4.78, 5) is 24.7. The van der Waals surface area contributed by atoms with Crippen LogP contribution in [0.5, 0.6) is 0 Å². The number of benzene rings is 2. The number of rotatable bonds is 5. The molecular weight excluding hydrogens is 389 g/mol. The van der Waals surface area contributed by atoms with Gasteiger partial charge in [0, 0.05) is 16.1 Å². The molecule has 0 aliphatic rings. The fourth-order valence-corrected chi connectivity index (χ4v) is 3.66. The first-order valence-corrected chi connectivity index (χ1v) is 9.05. The Bertz CT molecular complexity index is 986. The zero-order chi connectivity index (χ0) is 20.3. The van der Waals surface area contributed by atoms with Crippen LogP contribution in [0, 0.1) is 0 Å². The number of para-hydroxylation sites is 1. The summed E-state index contributed by atoms with van der Waals surface area (Å²) in [5.41, 5.74) is 4.01. The second kappa shape index (κ2) is 7.85. The summed E-state index contributed by atoms with van der Waals surface area (Å²) in [6.45, 7) is 0. The maximum atomic E-state index is 13.7. The van der Waals surface area contributed by atoms with Gasteiger partial charge in [0.1, 0.15) is 0 Å². The molecule has 144 valence electrons. The summed E-state index contributed by atoms with van der Waals surface area (Å²) in [7, 11) is 0. The van der Waals surface area contributed by atoms with Gasteiger partial charge in [0.2, 0.25) is 11.8 Å². The fourth-order valence-electron chi connectivity index (χ4n) is 2.82. The van der Waals surface area contributed by atoms with E-state index in [1.165, 1.54) is 17.4 Å². The number of alkyl halides is 3. The van der Waals surface area contributed by atoms with E-state index in [-0.39, 0.29) is 11.1 Å². The number of anilines is 1. The van der Waals surface area contributed by atoms with E-state index in [4.69, 9.17) is 5.73 Å². The van der Waals surface area contributed by atoms with Crippen molar-refractivity contribution < 1.29 is 22.8 Å². The number of hydrogen-bond acceptors (Lipinski definition) is 3. The third kappa shape index (κ3) is 4.23. The molecule has 1 aromatic heterocycles. The fraction of sp³-hybridized carbons (Fsp3) is 0.100. The van der Waals surface area contributed by atoms with Crippen molar-refractivity contribution in [3.05, 3.63) is 87.6 Å². The lowest BCUT2D eigenvalue weighted by atomic mass is 9.90. The van der Waals surface area contributed by atoms with Crippen LogP contribution in [0.1, 0.15) is 32.3 Å². The van der Waals surface area contributed by atoms with E-state index in [0.717, 1.165) is 6.07 Å². The Balaban J connectivity index is 2.11. The second-order valence-corrected chi connectivity index (χ2v) is 6.95. The molecule has 0 fully saturated rings. The molecule has 1 atom stereocenters. The molecule has 0 saturated carbocycles. The highest BCUT2D eigenvalue weighted by atomic mass is 32.1. The molecule has 1 unspecified atom stereocenters. The molecular formula is C20H15F3N2O2S. The first-order valence-electron chi connectivity index (χ1n) is 8.17. The van der Waals surface area contributed by atoms with Gasteiger partial charge >= 0.3 is 6.18 Å². The summed E-state index contributed by atoms with van der Waals surface area (Å²) in [6.07, 6.45) is -4.76. The van der Waals surface area contributed by atoms with E-state index < -0.39 is 29.5 Å². The number of carbonyl (C=O) groups excluding carboxylic acids is 2.